The lowest BCUT2D eigenvalue weighted by Gasteiger charge is -2.28. The number of nitrogens with one attached hydrogen (secondary N) is 1. The van der Waals surface area contributed by atoms with Gasteiger partial charge in [-0.25, -0.2) is 4.79 Å². The number of hydrogen-bond donors (Lipinski definition) is 1. The third-order valence-electron chi connectivity index (χ3n) is 4.98. The molecule has 0 radical (unpaired) electrons. The number of carbonyl (C=O) groups is 3. The molecule has 1 aromatic heterocycles. The molecule has 1 aromatic carbocycles. The van der Waals surface area contributed by atoms with Crippen LogP contribution in [0.2, 0.25) is 0 Å². The number of methoxy groups -OCH3 is 2. The van der Waals surface area contributed by atoms with E-state index in [-0.39, 0.29) is 17.4 Å². The highest BCUT2D eigenvalue weighted by molar-refractivity contribution is 6.07. The molecule has 2 aromatic rings. The number of Topliss-reactive ketones (excluding diaryl/α,β-unsaturated/α-hetero) is 1. The number of H-pyrrole nitrogens is 1. The Morgan fingerprint density at radius 1 is 1.10 bits per heavy atom. The summed E-state index contributed by atoms with van der Waals surface area (Å²) >= 11 is 0. The maximum atomic E-state index is 13.3. The van der Waals surface area contributed by atoms with Crippen molar-refractivity contribution in [2.24, 2.45) is 0 Å². The van der Waals surface area contributed by atoms with Crippen molar-refractivity contribution in [3.63, 3.8) is 0 Å². The van der Waals surface area contributed by atoms with Crippen molar-refractivity contribution < 1.29 is 23.9 Å². The second-order valence-corrected chi connectivity index (χ2v) is 6.88. The summed E-state index contributed by atoms with van der Waals surface area (Å²) in [5, 5.41) is 0. The Labute approximate surface area is 171 Å². The van der Waals surface area contributed by atoms with Crippen LogP contribution in [-0.4, -0.2) is 54.3 Å². The standard InChI is InChI=1S/C22H28N2O5/c1-7-12-24(21(26)16-8-10-17(28-5)11-9-16)15(4)20(25)18-13(2)19(22(27)29-6)23-14(18)3/h8-11,15,23H,7,12H2,1-6H3. The smallest absolute Gasteiger partial charge is 0.354 e. The molecule has 7 heteroatoms. The number of aromatic nitrogens is 1. The van der Waals surface area contributed by atoms with E-state index in [1.165, 1.54) is 7.11 Å². The normalized spacial score (nSPS) is 11.7. The molecule has 0 saturated heterocycles. The molecule has 0 fully saturated rings. The van der Waals surface area contributed by atoms with Crippen LogP contribution in [0.1, 0.15) is 62.7 Å². The molecule has 1 amide bonds. The van der Waals surface area contributed by atoms with Gasteiger partial charge in [-0.05, 0) is 57.0 Å². The summed E-state index contributed by atoms with van der Waals surface area (Å²) in [6.07, 6.45) is 0.706. The molecule has 1 N–H and O–H groups in total. The van der Waals surface area contributed by atoms with Gasteiger partial charge in [0.1, 0.15) is 11.4 Å². The number of esters is 1. The molecule has 1 atom stereocenters. The van der Waals surface area contributed by atoms with E-state index in [4.69, 9.17) is 9.47 Å². The summed E-state index contributed by atoms with van der Waals surface area (Å²) < 4.78 is 9.91. The van der Waals surface area contributed by atoms with Gasteiger partial charge >= 0.3 is 5.97 Å². The third-order valence-corrected chi connectivity index (χ3v) is 4.98. The number of amides is 1. The van der Waals surface area contributed by atoms with E-state index in [0.29, 0.717) is 41.1 Å². The predicted molar refractivity (Wildman–Crippen MR) is 110 cm³/mol. The third kappa shape index (κ3) is 4.50. The molecule has 29 heavy (non-hydrogen) atoms. The molecule has 0 aliphatic carbocycles. The zero-order valence-electron chi connectivity index (χ0n) is 17.8. The minimum absolute atomic E-state index is 0.221. The fraction of sp³-hybridized carbons (Fsp3) is 0.409. The average Bonchev–Trinajstić information content (AvgIpc) is 3.03. The monoisotopic (exact) mass is 400 g/mol. The molecule has 1 heterocycles. The Morgan fingerprint density at radius 2 is 1.72 bits per heavy atom. The molecular weight excluding hydrogens is 372 g/mol. The van der Waals surface area contributed by atoms with Crippen LogP contribution in [0, 0.1) is 13.8 Å². The van der Waals surface area contributed by atoms with E-state index in [2.05, 4.69) is 4.98 Å². The Balaban J connectivity index is 2.36. The number of aromatic amines is 1. The van der Waals surface area contributed by atoms with Gasteiger partial charge in [0.05, 0.1) is 20.3 Å². The van der Waals surface area contributed by atoms with Gasteiger partial charge in [0.2, 0.25) is 0 Å². The van der Waals surface area contributed by atoms with E-state index in [1.54, 1.807) is 57.0 Å². The van der Waals surface area contributed by atoms with Crippen LogP contribution in [-0.2, 0) is 4.74 Å². The van der Waals surface area contributed by atoms with Crippen molar-refractivity contribution in [3.05, 3.63) is 52.3 Å². The molecule has 1 unspecified atom stereocenters. The van der Waals surface area contributed by atoms with Gasteiger partial charge in [0, 0.05) is 23.4 Å². The van der Waals surface area contributed by atoms with Gasteiger partial charge in [-0.2, -0.15) is 0 Å². The SMILES string of the molecule is CCCN(C(=O)c1ccc(OC)cc1)C(C)C(=O)c1c(C)[nH]c(C(=O)OC)c1C. The summed E-state index contributed by atoms with van der Waals surface area (Å²) in [5.74, 6) is -0.324. The van der Waals surface area contributed by atoms with Gasteiger partial charge in [0.25, 0.3) is 5.91 Å². The predicted octanol–water partition coefficient (Wildman–Crippen LogP) is 3.55. The first-order chi connectivity index (χ1) is 13.8. The van der Waals surface area contributed by atoms with Gasteiger partial charge in [-0.15, -0.1) is 0 Å². The van der Waals surface area contributed by atoms with E-state index < -0.39 is 12.0 Å². The van der Waals surface area contributed by atoms with Crippen molar-refractivity contribution in [2.75, 3.05) is 20.8 Å². The number of hydrogen-bond acceptors (Lipinski definition) is 5. The molecule has 0 aliphatic rings. The van der Waals surface area contributed by atoms with Crippen LogP contribution in [0.15, 0.2) is 24.3 Å². The van der Waals surface area contributed by atoms with Gasteiger partial charge in [-0.1, -0.05) is 6.92 Å². The number of nitrogens with zero attached hydrogens (tertiary/aromatic N) is 1. The maximum Gasteiger partial charge on any atom is 0.354 e. The van der Waals surface area contributed by atoms with Crippen molar-refractivity contribution in [2.45, 2.75) is 40.2 Å². The highest BCUT2D eigenvalue weighted by Crippen LogP contribution is 2.23. The van der Waals surface area contributed by atoms with Crippen LogP contribution in [0.25, 0.3) is 0 Å². The summed E-state index contributed by atoms with van der Waals surface area (Å²) in [4.78, 5) is 42.8. The zero-order chi connectivity index (χ0) is 21.7. The number of ketones is 1. The first kappa shape index (κ1) is 22.2. The number of benzene rings is 1. The Morgan fingerprint density at radius 3 is 2.24 bits per heavy atom. The molecule has 156 valence electrons. The zero-order valence-corrected chi connectivity index (χ0v) is 17.8. The van der Waals surface area contributed by atoms with Crippen LogP contribution in [0.3, 0.4) is 0 Å². The lowest BCUT2D eigenvalue weighted by atomic mass is 9.99. The minimum Gasteiger partial charge on any atom is -0.497 e. The molecule has 7 nitrogen and oxygen atoms in total. The fourth-order valence-corrected chi connectivity index (χ4v) is 3.39. The highest BCUT2D eigenvalue weighted by atomic mass is 16.5. The summed E-state index contributed by atoms with van der Waals surface area (Å²) in [6, 6.07) is 6.11. The maximum absolute atomic E-state index is 13.3. The van der Waals surface area contributed by atoms with Gasteiger partial charge in [0.15, 0.2) is 5.78 Å². The largest absolute Gasteiger partial charge is 0.497 e. The van der Waals surface area contributed by atoms with Crippen molar-refractivity contribution >= 4 is 17.7 Å². The number of rotatable bonds is 8. The van der Waals surface area contributed by atoms with E-state index in [9.17, 15) is 14.4 Å². The Kier molecular flexibility index (Phi) is 7.20. The van der Waals surface area contributed by atoms with Crippen LogP contribution in [0.5, 0.6) is 5.75 Å². The fourth-order valence-electron chi connectivity index (χ4n) is 3.39. The Bertz CT molecular complexity index is 899. The first-order valence-corrected chi connectivity index (χ1v) is 9.53. The minimum atomic E-state index is -0.691. The highest BCUT2D eigenvalue weighted by Gasteiger charge is 2.31. The molecule has 0 bridgehead atoms. The van der Waals surface area contributed by atoms with Crippen molar-refractivity contribution in [3.8, 4) is 5.75 Å². The van der Waals surface area contributed by atoms with Crippen LogP contribution < -0.4 is 4.74 Å². The van der Waals surface area contributed by atoms with E-state index in [0.717, 1.165) is 0 Å². The van der Waals surface area contributed by atoms with Crippen LogP contribution in [0.4, 0.5) is 0 Å². The molecule has 0 saturated carbocycles. The first-order valence-electron chi connectivity index (χ1n) is 9.53. The summed E-state index contributed by atoms with van der Waals surface area (Å²) in [6.45, 7) is 7.53. The quantitative estimate of drug-likeness (QED) is 0.541. The van der Waals surface area contributed by atoms with Gasteiger partial charge < -0.3 is 19.4 Å². The second-order valence-electron chi connectivity index (χ2n) is 6.88. The van der Waals surface area contributed by atoms with E-state index in [1.807, 2.05) is 6.92 Å². The second kappa shape index (κ2) is 9.41. The molecule has 2 rings (SSSR count). The summed E-state index contributed by atoms with van der Waals surface area (Å²) in [7, 11) is 2.85. The molecule has 0 spiro atoms. The van der Waals surface area contributed by atoms with E-state index >= 15 is 0 Å². The topological polar surface area (TPSA) is 88.7 Å². The lowest BCUT2D eigenvalue weighted by Crippen LogP contribution is -2.44. The van der Waals surface area contributed by atoms with Crippen molar-refractivity contribution in [1.82, 2.24) is 9.88 Å². The van der Waals surface area contributed by atoms with Crippen LogP contribution >= 0.6 is 0 Å². The molecular formula is C22H28N2O5. The average molecular weight is 400 g/mol. The Hall–Kier alpha value is -3.09. The molecule has 0 aliphatic heterocycles. The van der Waals surface area contributed by atoms with Gasteiger partial charge in [-0.3, -0.25) is 9.59 Å². The number of ether oxygens (including phenoxy) is 2. The number of aryl methyl sites for hydroxylation is 1. The van der Waals surface area contributed by atoms with Crippen molar-refractivity contribution in [1.29, 1.82) is 0 Å². The number of carbonyl (C=O) groups excluding carboxylic acids is 3. The summed E-state index contributed by atoms with van der Waals surface area (Å²) in [5.41, 5.74) is 2.26. The lowest BCUT2D eigenvalue weighted by molar-refractivity contribution is 0.0592.